The van der Waals surface area contributed by atoms with Gasteiger partial charge in [0.15, 0.2) is 0 Å². The number of benzene rings is 1. The zero-order chi connectivity index (χ0) is 14.4. The quantitative estimate of drug-likeness (QED) is 0.847. The van der Waals surface area contributed by atoms with E-state index in [4.69, 9.17) is 4.74 Å². The summed E-state index contributed by atoms with van der Waals surface area (Å²) in [7, 11) is 1.66. The third-order valence-electron chi connectivity index (χ3n) is 2.73. The molecule has 2 aromatic rings. The summed E-state index contributed by atoms with van der Waals surface area (Å²) < 4.78 is 6.05. The summed E-state index contributed by atoms with van der Waals surface area (Å²) in [5, 5.41) is 6.46. The van der Waals surface area contributed by atoms with Gasteiger partial charge in [0.2, 0.25) is 0 Å². The Labute approximate surface area is 126 Å². The van der Waals surface area contributed by atoms with Crippen molar-refractivity contribution in [1.82, 2.24) is 9.97 Å². The standard InChI is InChI=1S/C14H17BrN4O/c1-3-16-13-12(15)14(19-9-18-13)17-8-10-5-4-6-11(7-10)20-2/h4-7,9H,3,8H2,1-2H3,(H2,16,17,18,19). The zero-order valence-corrected chi connectivity index (χ0v) is 13.1. The van der Waals surface area contributed by atoms with Gasteiger partial charge in [-0.15, -0.1) is 0 Å². The molecule has 0 aliphatic rings. The molecule has 0 atom stereocenters. The van der Waals surface area contributed by atoms with Crippen LogP contribution in [0.4, 0.5) is 11.6 Å². The van der Waals surface area contributed by atoms with Gasteiger partial charge in [0.05, 0.1) is 7.11 Å². The number of nitrogens with one attached hydrogen (secondary N) is 2. The summed E-state index contributed by atoms with van der Waals surface area (Å²) >= 11 is 3.51. The molecule has 1 aromatic heterocycles. The maximum Gasteiger partial charge on any atom is 0.146 e. The van der Waals surface area contributed by atoms with E-state index in [0.717, 1.165) is 34.0 Å². The van der Waals surface area contributed by atoms with Crippen molar-refractivity contribution in [3.63, 3.8) is 0 Å². The first kappa shape index (κ1) is 14.6. The van der Waals surface area contributed by atoms with Crippen molar-refractivity contribution < 1.29 is 4.74 Å². The van der Waals surface area contributed by atoms with Gasteiger partial charge < -0.3 is 15.4 Å². The second-order valence-electron chi connectivity index (χ2n) is 4.12. The Balaban J connectivity index is 2.08. The van der Waals surface area contributed by atoms with Gasteiger partial charge in [-0.2, -0.15) is 0 Å². The molecule has 0 unspecified atom stereocenters. The predicted octanol–water partition coefficient (Wildman–Crippen LogP) is 3.29. The van der Waals surface area contributed by atoms with E-state index in [9.17, 15) is 0 Å². The Morgan fingerprint density at radius 2 is 1.95 bits per heavy atom. The third-order valence-corrected chi connectivity index (χ3v) is 3.48. The molecule has 2 rings (SSSR count). The molecule has 0 fully saturated rings. The highest BCUT2D eigenvalue weighted by Gasteiger charge is 2.07. The van der Waals surface area contributed by atoms with Gasteiger partial charge in [-0.1, -0.05) is 12.1 Å². The number of hydrogen-bond acceptors (Lipinski definition) is 5. The van der Waals surface area contributed by atoms with Crippen LogP contribution in [0.2, 0.25) is 0 Å². The minimum atomic E-state index is 0.665. The van der Waals surface area contributed by atoms with Crippen LogP contribution in [0, 0.1) is 0 Å². The van der Waals surface area contributed by atoms with E-state index in [1.165, 1.54) is 6.33 Å². The summed E-state index contributed by atoms with van der Waals surface area (Å²) in [6.07, 6.45) is 1.54. The molecule has 0 aliphatic carbocycles. The van der Waals surface area contributed by atoms with E-state index >= 15 is 0 Å². The van der Waals surface area contributed by atoms with Crippen LogP contribution in [-0.4, -0.2) is 23.6 Å². The van der Waals surface area contributed by atoms with Crippen molar-refractivity contribution in [3.05, 3.63) is 40.6 Å². The number of methoxy groups -OCH3 is 1. The van der Waals surface area contributed by atoms with Crippen molar-refractivity contribution in [2.45, 2.75) is 13.5 Å². The van der Waals surface area contributed by atoms with E-state index in [1.807, 2.05) is 31.2 Å². The number of nitrogens with zero attached hydrogens (tertiary/aromatic N) is 2. The number of anilines is 2. The number of aromatic nitrogens is 2. The van der Waals surface area contributed by atoms with Crippen molar-refractivity contribution in [2.75, 3.05) is 24.3 Å². The monoisotopic (exact) mass is 336 g/mol. The van der Waals surface area contributed by atoms with Crippen LogP contribution in [0.1, 0.15) is 12.5 Å². The Bertz CT molecular complexity index is 577. The van der Waals surface area contributed by atoms with E-state index in [1.54, 1.807) is 7.11 Å². The van der Waals surface area contributed by atoms with Gasteiger partial charge in [-0.05, 0) is 40.5 Å². The largest absolute Gasteiger partial charge is 0.497 e. The molecular weight excluding hydrogens is 320 g/mol. The summed E-state index contributed by atoms with van der Waals surface area (Å²) in [6.45, 7) is 3.50. The number of ether oxygens (including phenoxy) is 1. The van der Waals surface area contributed by atoms with E-state index in [-0.39, 0.29) is 0 Å². The molecule has 1 aromatic carbocycles. The Hall–Kier alpha value is -1.82. The van der Waals surface area contributed by atoms with Crippen LogP contribution in [0.3, 0.4) is 0 Å². The van der Waals surface area contributed by atoms with E-state index in [0.29, 0.717) is 6.54 Å². The van der Waals surface area contributed by atoms with Gasteiger partial charge in [-0.25, -0.2) is 9.97 Å². The fraction of sp³-hybridized carbons (Fsp3) is 0.286. The fourth-order valence-corrected chi connectivity index (χ4v) is 2.24. The van der Waals surface area contributed by atoms with Gasteiger partial charge in [0.1, 0.15) is 28.2 Å². The molecule has 0 saturated heterocycles. The summed E-state index contributed by atoms with van der Waals surface area (Å²) in [5.74, 6) is 2.40. The van der Waals surface area contributed by atoms with Gasteiger partial charge in [0, 0.05) is 13.1 Å². The van der Waals surface area contributed by atoms with Gasteiger partial charge in [-0.3, -0.25) is 0 Å². The molecule has 1 heterocycles. The number of hydrogen-bond donors (Lipinski definition) is 2. The average Bonchev–Trinajstić information content (AvgIpc) is 2.48. The lowest BCUT2D eigenvalue weighted by Crippen LogP contribution is -2.06. The van der Waals surface area contributed by atoms with Crippen LogP contribution in [0.5, 0.6) is 5.75 Å². The number of rotatable bonds is 6. The first-order valence-corrected chi connectivity index (χ1v) is 7.15. The topological polar surface area (TPSA) is 59.1 Å². The van der Waals surface area contributed by atoms with Crippen molar-refractivity contribution in [3.8, 4) is 5.75 Å². The highest BCUT2D eigenvalue weighted by atomic mass is 79.9. The third kappa shape index (κ3) is 3.60. The lowest BCUT2D eigenvalue weighted by molar-refractivity contribution is 0.414. The lowest BCUT2D eigenvalue weighted by Gasteiger charge is -2.11. The van der Waals surface area contributed by atoms with Crippen LogP contribution < -0.4 is 15.4 Å². The highest BCUT2D eigenvalue weighted by molar-refractivity contribution is 9.10. The minimum absolute atomic E-state index is 0.665. The maximum absolute atomic E-state index is 5.21. The van der Waals surface area contributed by atoms with Crippen LogP contribution in [0.25, 0.3) is 0 Å². The molecule has 2 N–H and O–H groups in total. The highest BCUT2D eigenvalue weighted by Crippen LogP contribution is 2.26. The molecule has 0 spiro atoms. The second kappa shape index (κ2) is 7.09. The molecule has 0 saturated carbocycles. The predicted molar refractivity (Wildman–Crippen MR) is 84.2 cm³/mol. The fourth-order valence-electron chi connectivity index (χ4n) is 1.75. The number of halogens is 1. The molecule has 20 heavy (non-hydrogen) atoms. The van der Waals surface area contributed by atoms with E-state index < -0.39 is 0 Å². The molecule has 0 bridgehead atoms. The second-order valence-corrected chi connectivity index (χ2v) is 4.91. The molecule has 0 radical (unpaired) electrons. The first-order chi connectivity index (χ1) is 9.74. The smallest absolute Gasteiger partial charge is 0.146 e. The summed E-state index contributed by atoms with van der Waals surface area (Å²) in [4.78, 5) is 8.42. The SMILES string of the molecule is CCNc1ncnc(NCc2cccc(OC)c2)c1Br. The van der Waals surface area contributed by atoms with Crippen LogP contribution in [-0.2, 0) is 6.54 Å². The molecule has 0 amide bonds. The van der Waals surface area contributed by atoms with Crippen LogP contribution in [0.15, 0.2) is 35.1 Å². The van der Waals surface area contributed by atoms with Crippen molar-refractivity contribution in [1.29, 1.82) is 0 Å². The zero-order valence-electron chi connectivity index (χ0n) is 11.5. The Morgan fingerprint density at radius 3 is 2.65 bits per heavy atom. The maximum atomic E-state index is 5.21. The Morgan fingerprint density at radius 1 is 1.20 bits per heavy atom. The first-order valence-electron chi connectivity index (χ1n) is 6.35. The van der Waals surface area contributed by atoms with Crippen molar-refractivity contribution >= 4 is 27.6 Å². The molecule has 106 valence electrons. The minimum Gasteiger partial charge on any atom is -0.497 e. The summed E-state index contributed by atoms with van der Waals surface area (Å²) in [6, 6.07) is 7.92. The van der Waals surface area contributed by atoms with Crippen molar-refractivity contribution in [2.24, 2.45) is 0 Å². The Kier molecular flexibility index (Phi) is 5.17. The molecule has 5 nitrogen and oxygen atoms in total. The molecule has 6 heteroatoms. The molecule has 0 aliphatic heterocycles. The average molecular weight is 337 g/mol. The lowest BCUT2D eigenvalue weighted by atomic mass is 10.2. The normalized spacial score (nSPS) is 10.2. The molecular formula is C14H17BrN4O. The van der Waals surface area contributed by atoms with E-state index in [2.05, 4.69) is 36.5 Å². The van der Waals surface area contributed by atoms with Crippen LogP contribution >= 0.6 is 15.9 Å². The van der Waals surface area contributed by atoms with Gasteiger partial charge in [0.25, 0.3) is 0 Å². The van der Waals surface area contributed by atoms with Gasteiger partial charge >= 0.3 is 0 Å². The summed E-state index contributed by atoms with van der Waals surface area (Å²) in [5.41, 5.74) is 1.12.